The summed E-state index contributed by atoms with van der Waals surface area (Å²) in [6.07, 6.45) is 2.45. The molecule has 6 heteroatoms. The number of nitrogens with one attached hydrogen (secondary N) is 1. The van der Waals surface area contributed by atoms with E-state index >= 15 is 0 Å². The predicted molar refractivity (Wildman–Crippen MR) is 88.8 cm³/mol. The quantitative estimate of drug-likeness (QED) is 0.851. The number of nitrogens with zero attached hydrogens (tertiary/aromatic N) is 1. The Hall–Kier alpha value is -1.59. The molecule has 1 aliphatic heterocycles. The Morgan fingerprint density at radius 3 is 2.45 bits per heavy atom. The highest BCUT2D eigenvalue weighted by Crippen LogP contribution is 2.09. The highest BCUT2D eigenvalue weighted by molar-refractivity contribution is 5.85. The minimum absolute atomic E-state index is 0. The molecule has 5 nitrogen and oxygen atoms in total. The van der Waals surface area contributed by atoms with Crippen molar-refractivity contribution in [2.75, 3.05) is 19.6 Å². The van der Waals surface area contributed by atoms with Gasteiger partial charge < -0.3 is 16.0 Å². The zero-order chi connectivity index (χ0) is 15.1. The lowest BCUT2D eigenvalue weighted by molar-refractivity contribution is -0.132. The summed E-state index contributed by atoms with van der Waals surface area (Å²) in [6.45, 7) is 1.86. The van der Waals surface area contributed by atoms with Crippen LogP contribution in [0.3, 0.4) is 0 Å². The van der Waals surface area contributed by atoms with Gasteiger partial charge in [-0.25, -0.2) is 0 Å². The van der Waals surface area contributed by atoms with Gasteiger partial charge >= 0.3 is 0 Å². The van der Waals surface area contributed by atoms with Crippen LogP contribution >= 0.6 is 12.4 Å². The van der Waals surface area contributed by atoms with Gasteiger partial charge in [-0.05, 0) is 18.4 Å². The molecular formula is C16H24ClN3O2. The molecule has 2 rings (SSSR count). The Balaban J connectivity index is 0.00000242. The lowest BCUT2D eigenvalue weighted by Crippen LogP contribution is -2.43. The summed E-state index contributed by atoms with van der Waals surface area (Å²) >= 11 is 0. The third-order valence-electron chi connectivity index (χ3n) is 3.76. The summed E-state index contributed by atoms with van der Waals surface area (Å²) in [5.41, 5.74) is 6.79. The van der Waals surface area contributed by atoms with Gasteiger partial charge in [-0.2, -0.15) is 0 Å². The van der Waals surface area contributed by atoms with Crippen molar-refractivity contribution >= 4 is 24.2 Å². The monoisotopic (exact) mass is 325 g/mol. The second-order valence-corrected chi connectivity index (χ2v) is 5.48. The second kappa shape index (κ2) is 9.43. The molecule has 0 saturated carbocycles. The molecular weight excluding hydrogens is 302 g/mol. The fourth-order valence-corrected chi connectivity index (χ4v) is 2.46. The Bertz CT molecular complexity index is 474. The summed E-state index contributed by atoms with van der Waals surface area (Å²) in [6, 6.07) is 9.80. The van der Waals surface area contributed by atoms with Crippen molar-refractivity contribution in [1.29, 1.82) is 0 Å². The van der Waals surface area contributed by atoms with Crippen LogP contribution in [-0.2, 0) is 16.0 Å². The summed E-state index contributed by atoms with van der Waals surface area (Å²) in [7, 11) is 0. The number of amides is 2. The molecule has 0 atom stereocenters. The van der Waals surface area contributed by atoms with Gasteiger partial charge in [-0.15, -0.1) is 12.4 Å². The molecule has 0 aromatic heterocycles. The van der Waals surface area contributed by atoms with Crippen LogP contribution in [0.2, 0.25) is 0 Å². The molecule has 1 aromatic rings. The van der Waals surface area contributed by atoms with E-state index in [4.69, 9.17) is 5.73 Å². The number of carbonyl (C=O) groups is 2. The third-order valence-corrected chi connectivity index (χ3v) is 3.76. The van der Waals surface area contributed by atoms with Gasteiger partial charge in [-0.1, -0.05) is 30.3 Å². The molecule has 22 heavy (non-hydrogen) atoms. The van der Waals surface area contributed by atoms with Gasteiger partial charge in [0.05, 0.1) is 6.42 Å². The SMILES string of the molecule is Cl.NC1CCN(C(=O)CCNC(=O)Cc2ccccc2)CC1. The molecule has 3 N–H and O–H groups in total. The standard InChI is InChI=1S/C16H23N3O2.ClH/c17-14-7-10-19(11-8-14)16(21)6-9-18-15(20)12-13-4-2-1-3-5-13;/h1-5,14H,6-12,17H2,(H,18,20);1H. The van der Waals surface area contributed by atoms with Crippen LogP contribution < -0.4 is 11.1 Å². The van der Waals surface area contributed by atoms with Crippen molar-refractivity contribution in [2.45, 2.75) is 31.7 Å². The van der Waals surface area contributed by atoms with E-state index in [9.17, 15) is 9.59 Å². The van der Waals surface area contributed by atoms with E-state index < -0.39 is 0 Å². The summed E-state index contributed by atoms with van der Waals surface area (Å²) in [5, 5.41) is 2.80. The first-order chi connectivity index (χ1) is 10.1. The third kappa shape index (κ3) is 6.03. The maximum atomic E-state index is 12.0. The van der Waals surface area contributed by atoms with Crippen molar-refractivity contribution in [2.24, 2.45) is 5.73 Å². The zero-order valence-corrected chi connectivity index (χ0v) is 13.5. The van der Waals surface area contributed by atoms with Gasteiger partial charge in [0, 0.05) is 32.1 Å². The van der Waals surface area contributed by atoms with Crippen LogP contribution in [0, 0.1) is 0 Å². The largest absolute Gasteiger partial charge is 0.355 e. The number of benzene rings is 1. The Labute approximate surface area is 137 Å². The van der Waals surface area contributed by atoms with E-state index in [-0.39, 0.29) is 30.3 Å². The Morgan fingerprint density at radius 2 is 1.82 bits per heavy atom. The smallest absolute Gasteiger partial charge is 0.224 e. The van der Waals surface area contributed by atoms with Gasteiger partial charge in [0.2, 0.25) is 11.8 Å². The van der Waals surface area contributed by atoms with Crippen molar-refractivity contribution < 1.29 is 9.59 Å². The highest BCUT2D eigenvalue weighted by atomic mass is 35.5. The van der Waals surface area contributed by atoms with Crippen LogP contribution in [0.25, 0.3) is 0 Å². The normalized spacial score (nSPS) is 15.0. The number of halogens is 1. The highest BCUT2D eigenvalue weighted by Gasteiger charge is 2.20. The van der Waals surface area contributed by atoms with Crippen molar-refractivity contribution in [3.05, 3.63) is 35.9 Å². The number of nitrogens with two attached hydrogens (primary N) is 1. The minimum Gasteiger partial charge on any atom is -0.355 e. The zero-order valence-electron chi connectivity index (χ0n) is 12.7. The maximum absolute atomic E-state index is 12.0. The molecule has 0 radical (unpaired) electrons. The van der Waals surface area contributed by atoms with Crippen LogP contribution in [0.4, 0.5) is 0 Å². The summed E-state index contributed by atoms with van der Waals surface area (Å²) < 4.78 is 0. The first-order valence-electron chi connectivity index (χ1n) is 7.49. The maximum Gasteiger partial charge on any atom is 0.224 e. The first kappa shape index (κ1) is 18.5. The molecule has 122 valence electrons. The predicted octanol–water partition coefficient (Wildman–Crippen LogP) is 1.11. The Morgan fingerprint density at radius 1 is 1.18 bits per heavy atom. The lowest BCUT2D eigenvalue weighted by atomic mass is 10.1. The van der Waals surface area contributed by atoms with E-state index in [1.54, 1.807) is 0 Å². The number of carbonyl (C=O) groups excluding carboxylic acids is 2. The van der Waals surface area contributed by atoms with Crippen molar-refractivity contribution in [1.82, 2.24) is 10.2 Å². The Kier molecular flexibility index (Phi) is 7.91. The van der Waals surface area contributed by atoms with E-state index in [0.29, 0.717) is 19.4 Å². The minimum atomic E-state index is -0.0466. The summed E-state index contributed by atoms with van der Waals surface area (Å²) in [4.78, 5) is 25.6. The van der Waals surface area contributed by atoms with Gasteiger partial charge in [0.1, 0.15) is 0 Å². The van der Waals surface area contributed by atoms with Crippen molar-refractivity contribution in [3.8, 4) is 0 Å². The average molecular weight is 326 g/mol. The van der Waals surface area contributed by atoms with Crippen molar-refractivity contribution in [3.63, 3.8) is 0 Å². The van der Waals surface area contributed by atoms with Gasteiger partial charge in [-0.3, -0.25) is 9.59 Å². The van der Waals surface area contributed by atoms with Crippen LogP contribution in [0.15, 0.2) is 30.3 Å². The second-order valence-electron chi connectivity index (χ2n) is 5.48. The van der Waals surface area contributed by atoms with Crippen LogP contribution in [0.1, 0.15) is 24.8 Å². The van der Waals surface area contributed by atoms with Gasteiger partial charge in [0.15, 0.2) is 0 Å². The number of likely N-dealkylation sites (tertiary alicyclic amines) is 1. The number of rotatable bonds is 5. The fourth-order valence-electron chi connectivity index (χ4n) is 2.46. The molecule has 0 bridgehead atoms. The van der Waals surface area contributed by atoms with Crippen LogP contribution in [-0.4, -0.2) is 42.4 Å². The molecule has 2 amide bonds. The molecule has 1 heterocycles. The van der Waals surface area contributed by atoms with Gasteiger partial charge in [0.25, 0.3) is 0 Å². The van der Waals surface area contributed by atoms with Crippen LogP contribution in [0.5, 0.6) is 0 Å². The van der Waals surface area contributed by atoms with E-state index in [1.807, 2.05) is 35.2 Å². The van der Waals surface area contributed by atoms with E-state index in [2.05, 4.69) is 5.32 Å². The van der Waals surface area contributed by atoms with E-state index in [1.165, 1.54) is 0 Å². The fraction of sp³-hybridized carbons (Fsp3) is 0.500. The molecule has 0 unspecified atom stereocenters. The lowest BCUT2D eigenvalue weighted by Gasteiger charge is -2.30. The molecule has 1 aromatic carbocycles. The average Bonchev–Trinajstić information content (AvgIpc) is 2.49. The number of hydrogen-bond acceptors (Lipinski definition) is 3. The molecule has 0 aliphatic carbocycles. The number of piperidine rings is 1. The summed E-state index contributed by atoms with van der Waals surface area (Å²) in [5.74, 6) is 0.0524. The molecule has 1 aliphatic rings. The molecule has 0 spiro atoms. The van der Waals surface area contributed by atoms with E-state index in [0.717, 1.165) is 31.5 Å². The first-order valence-corrected chi connectivity index (χ1v) is 7.49. The number of hydrogen-bond donors (Lipinski definition) is 2. The molecule has 1 saturated heterocycles. The topological polar surface area (TPSA) is 75.4 Å². The molecule has 1 fully saturated rings.